The summed E-state index contributed by atoms with van der Waals surface area (Å²) in [5.41, 5.74) is 0.394. The van der Waals surface area contributed by atoms with Gasteiger partial charge < -0.3 is 19.1 Å². The number of likely N-dealkylation sites (tertiary alicyclic amines) is 1. The number of nitrogens with zero attached hydrogens (tertiary/aromatic N) is 1. The molecule has 0 aromatic heterocycles. The second kappa shape index (κ2) is 8.38. The average Bonchev–Trinajstić information content (AvgIpc) is 2.66. The van der Waals surface area contributed by atoms with Crippen molar-refractivity contribution in [1.82, 2.24) is 4.90 Å². The number of methoxy groups -OCH3 is 3. The molecule has 0 unspecified atom stereocenters. The first-order valence-electron chi connectivity index (χ1n) is 8.72. The molecule has 1 fully saturated rings. The quantitative estimate of drug-likeness (QED) is 0.711. The van der Waals surface area contributed by atoms with Gasteiger partial charge in [0.2, 0.25) is 0 Å². The van der Waals surface area contributed by atoms with Gasteiger partial charge >= 0.3 is 0 Å². The van der Waals surface area contributed by atoms with Gasteiger partial charge in [-0.3, -0.25) is 9.52 Å². The summed E-state index contributed by atoms with van der Waals surface area (Å²) >= 11 is 6.13. The Hall–Kier alpha value is -2.65. The summed E-state index contributed by atoms with van der Waals surface area (Å²) in [5, 5.41) is 0.208. The van der Waals surface area contributed by atoms with E-state index in [2.05, 4.69) is 4.72 Å². The number of hydrogen-bond acceptors (Lipinski definition) is 6. The van der Waals surface area contributed by atoms with Gasteiger partial charge in [-0.2, -0.15) is 0 Å². The molecule has 1 N–H and O–H groups in total. The molecular weight excluding hydrogens is 420 g/mol. The average molecular weight is 441 g/mol. The van der Waals surface area contributed by atoms with Gasteiger partial charge in [0.05, 0.1) is 32.0 Å². The number of rotatable bonds is 7. The van der Waals surface area contributed by atoms with Crippen LogP contribution >= 0.6 is 11.6 Å². The molecule has 0 spiro atoms. The van der Waals surface area contributed by atoms with E-state index in [1.54, 1.807) is 11.0 Å². The zero-order valence-corrected chi connectivity index (χ0v) is 17.8. The maximum Gasteiger partial charge on any atom is 0.265 e. The molecule has 2 aromatic carbocycles. The number of amides is 1. The normalized spacial score (nSPS) is 13.4. The number of anilines is 1. The number of benzene rings is 2. The van der Waals surface area contributed by atoms with Crippen molar-refractivity contribution in [3.63, 3.8) is 0 Å². The Morgan fingerprint density at radius 3 is 2.21 bits per heavy atom. The Labute approximate surface area is 174 Å². The zero-order chi connectivity index (χ0) is 21.2. The van der Waals surface area contributed by atoms with Gasteiger partial charge in [0.25, 0.3) is 15.9 Å². The lowest BCUT2D eigenvalue weighted by Crippen LogP contribution is -2.42. The summed E-state index contributed by atoms with van der Waals surface area (Å²) in [5.74, 6) is 0.449. The molecule has 10 heteroatoms. The fraction of sp³-hybridized carbons (Fsp3) is 0.316. The molecule has 1 heterocycles. The highest BCUT2D eigenvalue weighted by Crippen LogP contribution is 2.38. The standard InChI is InChI=1S/C19H21ClN2O6S/c1-26-15-6-5-12(19(23)22-7-4-8-22)9-18(15)29(24,25)21-14-10-13(20)16(27-2)11-17(14)28-3/h5-6,9-11,21H,4,7-8H2,1-3H3. The second-order valence-electron chi connectivity index (χ2n) is 6.30. The highest BCUT2D eigenvalue weighted by molar-refractivity contribution is 7.92. The Balaban J connectivity index is 2.00. The predicted molar refractivity (Wildman–Crippen MR) is 109 cm³/mol. The van der Waals surface area contributed by atoms with Crippen molar-refractivity contribution in [2.45, 2.75) is 11.3 Å². The van der Waals surface area contributed by atoms with E-state index in [-0.39, 0.29) is 38.6 Å². The number of halogens is 1. The predicted octanol–water partition coefficient (Wildman–Crippen LogP) is 3.01. The number of nitrogens with one attached hydrogen (secondary N) is 1. The third kappa shape index (κ3) is 4.20. The molecular formula is C19H21ClN2O6S. The highest BCUT2D eigenvalue weighted by Gasteiger charge is 2.27. The minimum atomic E-state index is -4.12. The summed E-state index contributed by atoms with van der Waals surface area (Å²) in [6, 6.07) is 7.17. The first-order valence-corrected chi connectivity index (χ1v) is 10.6. The lowest BCUT2D eigenvalue weighted by Gasteiger charge is -2.31. The molecule has 29 heavy (non-hydrogen) atoms. The van der Waals surface area contributed by atoms with Crippen LogP contribution in [0.15, 0.2) is 35.2 Å². The number of hydrogen-bond donors (Lipinski definition) is 1. The third-order valence-corrected chi connectivity index (χ3v) is 6.24. The van der Waals surface area contributed by atoms with Crippen LogP contribution in [-0.2, 0) is 10.0 Å². The Bertz CT molecular complexity index is 1040. The molecule has 3 rings (SSSR count). The van der Waals surface area contributed by atoms with Crippen LogP contribution in [0.25, 0.3) is 0 Å². The van der Waals surface area contributed by atoms with E-state index >= 15 is 0 Å². The Kier molecular flexibility index (Phi) is 6.09. The molecule has 0 saturated carbocycles. The van der Waals surface area contributed by atoms with E-state index in [4.69, 9.17) is 25.8 Å². The smallest absolute Gasteiger partial charge is 0.265 e. The van der Waals surface area contributed by atoms with E-state index in [1.165, 1.54) is 45.6 Å². The lowest BCUT2D eigenvalue weighted by molar-refractivity contribution is 0.0651. The summed E-state index contributed by atoms with van der Waals surface area (Å²) in [6.07, 6.45) is 0.937. The third-order valence-electron chi connectivity index (χ3n) is 4.56. The van der Waals surface area contributed by atoms with Crippen LogP contribution < -0.4 is 18.9 Å². The van der Waals surface area contributed by atoms with Crippen molar-refractivity contribution >= 4 is 33.2 Å². The van der Waals surface area contributed by atoms with Crippen molar-refractivity contribution in [1.29, 1.82) is 0 Å². The summed E-state index contributed by atoms with van der Waals surface area (Å²) in [4.78, 5) is 14.0. The maximum absolute atomic E-state index is 13.1. The van der Waals surface area contributed by atoms with Crippen LogP contribution in [0.4, 0.5) is 5.69 Å². The van der Waals surface area contributed by atoms with Crippen LogP contribution in [0.1, 0.15) is 16.8 Å². The fourth-order valence-electron chi connectivity index (χ4n) is 2.86. The Morgan fingerprint density at radius 1 is 1.00 bits per heavy atom. The van der Waals surface area contributed by atoms with Crippen molar-refractivity contribution in [2.75, 3.05) is 39.1 Å². The first-order chi connectivity index (χ1) is 13.8. The molecule has 0 aliphatic carbocycles. The number of carbonyl (C=O) groups excluding carboxylic acids is 1. The minimum Gasteiger partial charge on any atom is -0.495 e. The molecule has 1 amide bonds. The molecule has 0 atom stereocenters. The van der Waals surface area contributed by atoms with Crippen molar-refractivity contribution in [3.8, 4) is 17.2 Å². The summed E-state index contributed by atoms with van der Waals surface area (Å²) in [6.45, 7) is 1.32. The second-order valence-corrected chi connectivity index (χ2v) is 8.36. The molecule has 1 saturated heterocycles. The zero-order valence-electron chi connectivity index (χ0n) is 16.2. The molecule has 1 aliphatic rings. The van der Waals surface area contributed by atoms with Crippen molar-refractivity contribution in [3.05, 3.63) is 40.9 Å². The van der Waals surface area contributed by atoms with Gasteiger partial charge in [-0.15, -0.1) is 0 Å². The van der Waals surface area contributed by atoms with Crippen LogP contribution in [0, 0.1) is 0 Å². The summed E-state index contributed by atoms with van der Waals surface area (Å²) in [7, 11) is 0.0733. The van der Waals surface area contributed by atoms with Crippen LogP contribution in [0.2, 0.25) is 5.02 Å². The lowest BCUT2D eigenvalue weighted by atomic mass is 10.1. The topological polar surface area (TPSA) is 94.2 Å². The SMILES string of the molecule is COc1cc(OC)c(NS(=O)(=O)c2cc(C(=O)N3CCC3)ccc2OC)cc1Cl. The van der Waals surface area contributed by atoms with Gasteiger partial charge in [-0.25, -0.2) is 8.42 Å². The molecule has 0 bridgehead atoms. The first kappa shape index (κ1) is 21.1. The maximum atomic E-state index is 13.1. The van der Waals surface area contributed by atoms with E-state index in [1.807, 2.05) is 0 Å². The van der Waals surface area contributed by atoms with Crippen molar-refractivity contribution < 1.29 is 27.4 Å². The van der Waals surface area contributed by atoms with E-state index in [0.717, 1.165) is 6.42 Å². The van der Waals surface area contributed by atoms with E-state index < -0.39 is 10.0 Å². The Morgan fingerprint density at radius 2 is 1.66 bits per heavy atom. The van der Waals surface area contributed by atoms with Gasteiger partial charge in [-0.05, 0) is 30.7 Å². The monoisotopic (exact) mass is 440 g/mol. The molecule has 8 nitrogen and oxygen atoms in total. The van der Waals surface area contributed by atoms with Gasteiger partial charge in [0.1, 0.15) is 22.1 Å². The van der Waals surface area contributed by atoms with Gasteiger partial charge in [0.15, 0.2) is 0 Å². The minimum absolute atomic E-state index is 0.108. The fourth-order valence-corrected chi connectivity index (χ4v) is 4.36. The van der Waals surface area contributed by atoms with Crippen LogP contribution in [0.3, 0.4) is 0 Å². The van der Waals surface area contributed by atoms with Crippen molar-refractivity contribution in [2.24, 2.45) is 0 Å². The number of sulfonamides is 1. The highest BCUT2D eigenvalue weighted by atomic mass is 35.5. The molecule has 156 valence electrons. The number of carbonyl (C=O) groups is 1. The van der Waals surface area contributed by atoms with E-state index in [9.17, 15) is 13.2 Å². The largest absolute Gasteiger partial charge is 0.495 e. The van der Waals surface area contributed by atoms with E-state index in [0.29, 0.717) is 18.8 Å². The molecule has 1 aliphatic heterocycles. The van der Waals surface area contributed by atoms with Crippen LogP contribution in [0.5, 0.6) is 17.2 Å². The summed E-state index contributed by atoms with van der Waals surface area (Å²) < 4.78 is 44.2. The number of ether oxygens (including phenoxy) is 3. The van der Waals surface area contributed by atoms with Gasteiger partial charge in [-0.1, -0.05) is 11.6 Å². The van der Waals surface area contributed by atoms with Crippen LogP contribution in [-0.4, -0.2) is 53.6 Å². The molecule has 2 aromatic rings. The van der Waals surface area contributed by atoms with Gasteiger partial charge in [0, 0.05) is 24.7 Å². The molecule has 0 radical (unpaired) electrons.